The van der Waals surface area contributed by atoms with E-state index in [1.165, 1.54) is 0 Å². The van der Waals surface area contributed by atoms with E-state index >= 15 is 0 Å². The number of nitriles is 1. The summed E-state index contributed by atoms with van der Waals surface area (Å²) in [5.41, 5.74) is 1.44. The number of aryl methyl sites for hydroxylation is 2. The molecule has 0 radical (unpaired) electrons. The fourth-order valence-corrected chi connectivity index (χ4v) is 2.81. The number of ether oxygens (including phenoxy) is 1. The molecule has 0 aliphatic heterocycles. The lowest BCUT2D eigenvalue weighted by molar-refractivity contribution is 0.268. The van der Waals surface area contributed by atoms with Gasteiger partial charge in [-0.05, 0) is 38.0 Å². The number of hydrogen-bond acceptors (Lipinski definition) is 4. The smallest absolute Gasteiger partial charge is 0.219 e. The van der Waals surface area contributed by atoms with E-state index in [0.717, 1.165) is 11.8 Å². The van der Waals surface area contributed by atoms with Crippen LogP contribution in [0.2, 0.25) is 0 Å². The number of hydrogen-bond donors (Lipinski definition) is 0. The van der Waals surface area contributed by atoms with Gasteiger partial charge in [0.15, 0.2) is 4.91 Å². The molecule has 0 spiro atoms. The zero-order chi connectivity index (χ0) is 13.8. The van der Waals surface area contributed by atoms with Crippen molar-refractivity contribution >= 4 is 9.84 Å². The van der Waals surface area contributed by atoms with Crippen LogP contribution in [0.5, 0.6) is 0 Å². The van der Waals surface area contributed by atoms with E-state index in [9.17, 15) is 8.42 Å². The molecule has 0 saturated carbocycles. The normalized spacial score (nSPS) is 12.0. The summed E-state index contributed by atoms with van der Waals surface area (Å²) in [7, 11) is -3.80. The van der Waals surface area contributed by atoms with Gasteiger partial charge in [0.1, 0.15) is 12.3 Å². The van der Waals surface area contributed by atoms with Crippen molar-refractivity contribution in [3.63, 3.8) is 0 Å². The van der Waals surface area contributed by atoms with Gasteiger partial charge < -0.3 is 4.74 Å². The Morgan fingerprint density at radius 1 is 1.44 bits per heavy atom. The molecule has 0 atom stereocenters. The molecule has 0 saturated heterocycles. The maximum absolute atomic E-state index is 12.3. The molecule has 4 nitrogen and oxygen atoms in total. The van der Waals surface area contributed by atoms with Crippen LogP contribution in [0.15, 0.2) is 34.3 Å². The first-order valence-corrected chi connectivity index (χ1v) is 6.96. The van der Waals surface area contributed by atoms with Crippen LogP contribution in [0.3, 0.4) is 0 Å². The van der Waals surface area contributed by atoms with Crippen molar-refractivity contribution in [2.75, 3.05) is 6.61 Å². The largest absolute Gasteiger partial charge is 0.499 e. The van der Waals surface area contributed by atoms with Crippen LogP contribution < -0.4 is 0 Å². The third-order valence-electron chi connectivity index (χ3n) is 2.39. The second-order valence-corrected chi connectivity index (χ2v) is 5.71. The molecule has 18 heavy (non-hydrogen) atoms. The highest BCUT2D eigenvalue weighted by atomic mass is 32.2. The highest BCUT2D eigenvalue weighted by Crippen LogP contribution is 2.23. The molecule has 0 bridgehead atoms. The van der Waals surface area contributed by atoms with E-state index < -0.39 is 9.84 Å². The van der Waals surface area contributed by atoms with Crippen LogP contribution in [0.4, 0.5) is 0 Å². The Morgan fingerprint density at radius 2 is 2.11 bits per heavy atom. The van der Waals surface area contributed by atoms with E-state index in [-0.39, 0.29) is 9.80 Å². The first kappa shape index (κ1) is 14.3. The molecule has 1 aromatic rings. The standard InChI is InChI=1S/C13H15NO3S/c1-4-17-9-12(8-14)18(15,16)13-7-10(2)5-6-11(13)3/h5-7,9H,4H2,1-3H3. The fraction of sp³-hybridized carbons (Fsp3) is 0.308. The number of allylic oxidation sites excluding steroid dienone is 1. The van der Waals surface area contributed by atoms with Crippen molar-refractivity contribution in [1.82, 2.24) is 0 Å². The van der Waals surface area contributed by atoms with Gasteiger partial charge in [0.25, 0.3) is 0 Å². The lowest BCUT2D eigenvalue weighted by atomic mass is 10.2. The number of sulfone groups is 1. The molecule has 0 aliphatic rings. The zero-order valence-electron chi connectivity index (χ0n) is 10.6. The van der Waals surface area contributed by atoms with Crippen molar-refractivity contribution in [1.29, 1.82) is 5.26 Å². The first-order valence-electron chi connectivity index (χ1n) is 5.47. The summed E-state index contributed by atoms with van der Waals surface area (Å²) >= 11 is 0. The van der Waals surface area contributed by atoms with Gasteiger partial charge in [0, 0.05) is 0 Å². The summed E-state index contributed by atoms with van der Waals surface area (Å²) in [4.78, 5) is -0.229. The van der Waals surface area contributed by atoms with E-state index in [4.69, 9.17) is 10.00 Å². The SMILES string of the molecule is CCOC=C(C#N)S(=O)(=O)c1cc(C)ccc1C. The molecular formula is C13H15NO3S. The second-order valence-electron chi connectivity index (χ2n) is 3.82. The van der Waals surface area contributed by atoms with Crippen molar-refractivity contribution in [2.45, 2.75) is 25.7 Å². The van der Waals surface area contributed by atoms with Crippen LogP contribution in [-0.4, -0.2) is 15.0 Å². The average molecular weight is 265 g/mol. The Bertz CT molecular complexity index is 610. The molecule has 0 amide bonds. The minimum absolute atomic E-state index is 0.148. The molecule has 0 N–H and O–H groups in total. The monoisotopic (exact) mass is 265 g/mol. The third-order valence-corrected chi connectivity index (χ3v) is 4.18. The van der Waals surface area contributed by atoms with Crippen LogP contribution >= 0.6 is 0 Å². The predicted molar refractivity (Wildman–Crippen MR) is 68.4 cm³/mol. The molecule has 1 rings (SSSR count). The summed E-state index contributed by atoms with van der Waals surface area (Å²) < 4.78 is 29.4. The molecule has 0 aliphatic carbocycles. The fourth-order valence-electron chi connectivity index (χ4n) is 1.42. The van der Waals surface area contributed by atoms with Gasteiger partial charge in [-0.3, -0.25) is 0 Å². The Hall–Kier alpha value is -1.80. The maximum atomic E-state index is 12.3. The summed E-state index contributed by atoms with van der Waals surface area (Å²) in [5, 5.41) is 8.93. The maximum Gasteiger partial charge on any atom is 0.219 e. The van der Waals surface area contributed by atoms with Gasteiger partial charge in [0.05, 0.1) is 11.5 Å². The Labute approximate surface area is 107 Å². The minimum atomic E-state index is -3.80. The second kappa shape index (κ2) is 5.69. The van der Waals surface area contributed by atoms with Gasteiger partial charge >= 0.3 is 0 Å². The summed E-state index contributed by atoms with van der Waals surface area (Å²) in [5.74, 6) is 0. The minimum Gasteiger partial charge on any atom is -0.499 e. The topological polar surface area (TPSA) is 67.2 Å². The number of rotatable bonds is 4. The van der Waals surface area contributed by atoms with Gasteiger partial charge in [-0.25, -0.2) is 8.42 Å². The van der Waals surface area contributed by atoms with Gasteiger partial charge in [-0.2, -0.15) is 5.26 Å². The lowest BCUT2D eigenvalue weighted by Crippen LogP contribution is -2.06. The van der Waals surface area contributed by atoms with Gasteiger partial charge in [-0.1, -0.05) is 12.1 Å². The van der Waals surface area contributed by atoms with Crippen molar-refractivity contribution < 1.29 is 13.2 Å². The number of benzene rings is 1. The molecule has 0 fully saturated rings. The van der Waals surface area contributed by atoms with Gasteiger partial charge in [-0.15, -0.1) is 0 Å². The zero-order valence-corrected chi connectivity index (χ0v) is 11.4. The molecule has 0 aromatic heterocycles. The van der Waals surface area contributed by atoms with Crippen molar-refractivity contribution in [2.24, 2.45) is 0 Å². The first-order chi connectivity index (χ1) is 8.43. The molecular weight excluding hydrogens is 250 g/mol. The van der Waals surface area contributed by atoms with E-state index in [2.05, 4.69) is 0 Å². The van der Waals surface area contributed by atoms with Crippen LogP contribution in [0.25, 0.3) is 0 Å². The summed E-state index contributed by atoms with van der Waals surface area (Å²) in [6, 6.07) is 6.77. The molecule has 0 heterocycles. The molecule has 96 valence electrons. The molecule has 0 unspecified atom stereocenters. The van der Waals surface area contributed by atoms with Crippen LogP contribution in [0, 0.1) is 25.2 Å². The quantitative estimate of drug-likeness (QED) is 0.619. The van der Waals surface area contributed by atoms with E-state index in [1.807, 2.05) is 6.07 Å². The summed E-state index contributed by atoms with van der Waals surface area (Å²) in [6.45, 7) is 5.53. The van der Waals surface area contributed by atoms with Crippen molar-refractivity contribution in [3.05, 3.63) is 40.5 Å². The van der Waals surface area contributed by atoms with Crippen molar-refractivity contribution in [3.8, 4) is 6.07 Å². The van der Waals surface area contributed by atoms with E-state index in [1.54, 1.807) is 39.0 Å². The number of nitrogens with zero attached hydrogens (tertiary/aromatic N) is 1. The van der Waals surface area contributed by atoms with E-state index in [0.29, 0.717) is 12.2 Å². The highest BCUT2D eigenvalue weighted by Gasteiger charge is 2.23. The Morgan fingerprint density at radius 3 is 2.67 bits per heavy atom. The summed E-state index contributed by atoms with van der Waals surface area (Å²) in [6.07, 6.45) is 0.997. The Balaban J connectivity index is 3.38. The molecule has 5 heteroatoms. The molecule has 1 aromatic carbocycles. The third kappa shape index (κ3) is 2.90. The lowest BCUT2D eigenvalue weighted by Gasteiger charge is -2.07. The Kier molecular flexibility index (Phi) is 4.51. The average Bonchev–Trinajstić information content (AvgIpc) is 2.33. The predicted octanol–water partition coefficient (Wildman–Crippen LogP) is 2.48. The van der Waals surface area contributed by atoms with Crippen LogP contribution in [0.1, 0.15) is 18.1 Å². The van der Waals surface area contributed by atoms with Crippen LogP contribution in [-0.2, 0) is 14.6 Å². The highest BCUT2D eigenvalue weighted by molar-refractivity contribution is 7.95. The van der Waals surface area contributed by atoms with Gasteiger partial charge in [0.2, 0.25) is 9.84 Å².